The zero-order chi connectivity index (χ0) is 28.5. The van der Waals surface area contributed by atoms with Gasteiger partial charge in [0, 0.05) is 32.5 Å². The Hall–Kier alpha value is -2.03. The SMILES string of the molecule is CCOCCC(C=NNC(=S)NCc1ccc(OCC)c(Br)c1)NNC(=S)NCc1ccc(OCC)c(Br)c1. The summed E-state index contributed by atoms with van der Waals surface area (Å²) in [6.07, 6.45) is 2.40. The van der Waals surface area contributed by atoms with Gasteiger partial charge in [0.25, 0.3) is 0 Å². The van der Waals surface area contributed by atoms with E-state index in [0.29, 0.717) is 56.2 Å². The molecule has 13 heteroatoms. The Morgan fingerprint density at radius 1 is 0.872 bits per heavy atom. The molecule has 0 fully saturated rings. The molecular formula is C26H36Br2N6O3S2. The van der Waals surface area contributed by atoms with Crippen LogP contribution in [0, 0.1) is 0 Å². The third kappa shape index (κ3) is 13.3. The molecule has 5 N–H and O–H groups in total. The maximum absolute atomic E-state index is 5.56. The zero-order valence-corrected chi connectivity index (χ0v) is 27.1. The maximum Gasteiger partial charge on any atom is 0.187 e. The molecule has 1 unspecified atom stereocenters. The number of rotatable bonds is 16. The fourth-order valence-corrected chi connectivity index (χ4v) is 4.52. The van der Waals surface area contributed by atoms with Gasteiger partial charge < -0.3 is 24.8 Å². The van der Waals surface area contributed by atoms with Crippen LogP contribution in [0.3, 0.4) is 0 Å². The van der Waals surface area contributed by atoms with Gasteiger partial charge in [-0.1, -0.05) is 12.1 Å². The topological polar surface area (TPSA) is 100 Å². The van der Waals surface area contributed by atoms with Gasteiger partial charge in [0.1, 0.15) is 11.5 Å². The molecule has 0 aliphatic carbocycles. The molecule has 1 atom stereocenters. The van der Waals surface area contributed by atoms with Crippen molar-refractivity contribution in [3.8, 4) is 11.5 Å². The van der Waals surface area contributed by atoms with Crippen molar-refractivity contribution in [2.45, 2.75) is 46.3 Å². The molecule has 2 aromatic carbocycles. The van der Waals surface area contributed by atoms with Crippen molar-refractivity contribution in [2.24, 2.45) is 5.10 Å². The fourth-order valence-electron chi connectivity index (χ4n) is 3.18. The molecule has 0 spiro atoms. The molecule has 0 aliphatic rings. The predicted molar refractivity (Wildman–Crippen MR) is 172 cm³/mol. The molecule has 0 saturated heterocycles. The number of hydrogen-bond acceptors (Lipinski definition) is 7. The largest absolute Gasteiger partial charge is 0.493 e. The number of nitrogens with one attached hydrogen (secondary N) is 5. The Kier molecular flexibility index (Phi) is 16.3. The molecule has 0 bridgehead atoms. The lowest BCUT2D eigenvalue weighted by Crippen LogP contribution is -2.49. The van der Waals surface area contributed by atoms with Crippen LogP contribution < -0.4 is 36.4 Å². The molecule has 214 valence electrons. The lowest BCUT2D eigenvalue weighted by Gasteiger charge is -2.18. The number of halogens is 2. The van der Waals surface area contributed by atoms with E-state index >= 15 is 0 Å². The second-order valence-corrected chi connectivity index (χ2v) is 10.5. The summed E-state index contributed by atoms with van der Waals surface area (Å²) in [5.74, 6) is 1.62. The smallest absolute Gasteiger partial charge is 0.187 e. The molecular weight excluding hydrogens is 668 g/mol. The van der Waals surface area contributed by atoms with Crippen molar-refractivity contribution < 1.29 is 14.2 Å². The summed E-state index contributed by atoms with van der Waals surface area (Å²) in [7, 11) is 0. The summed E-state index contributed by atoms with van der Waals surface area (Å²) in [5, 5.41) is 11.5. The van der Waals surface area contributed by atoms with Gasteiger partial charge in [-0.2, -0.15) is 5.10 Å². The lowest BCUT2D eigenvalue weighted by atomic mass is 10.2. The number of benzene rings is 2. The van der Waals surface area contributed by atoms with Crippen LogP contribution in [0.4, 0.5) is 0 Å². The Morgan fingerprint density at radius 2 is 1.44 bits per heavy atom. The van der Waals surface area contributed by atoms with Crippen LogP contribution in [-0.4, -0.2) is 48.9 Å². The minimum Gasteiger partial charge on any atom is -0.493 e. The van der Waals surface area contributed by atoms with Gasteiger partial charge >= 0.3 is 0 Å². The number of thiocarbonyl (C=S) groups is 2. The minimum atomic E-state index is -0.159. The van der Waals surface area contributed by atoms with E-state index in [9.17, 15) is 0 Å². The second-order valence-electron chi connectivity index (χ2n) is 8.01. The van der Waals surface area contributed by atoms with Gasteiger partial charge in [-0.25, -0.2) is 5.43 Å². The van der Waals surface area contributed by atoms with E-state index < -0.39 is 0 Å². The van der Waals surface area contributed by atoms with Gasteiger partial charge in [0.2, 0.25) is 0 Å². The average molecular weight is 705 g/mol. The first-order chi connectivity index (χ1) is 18.9. The lowest BCUT2D eigenvalue weighted by molar-refractivity contribution is 0.141. The molecule has 0 heterocycles. The molecule has 2 aromatic rings. The normalized spacial score (nSPS) is 11.6. The van der Waals surface area contributed by atoms with E-state index in [1.54, 1.807) is 6.21 Å². The Labute approximate surface area is 258 Å². The molecule has 0 amide bonds. The van der Waals surface area contributed by atoms with Crippen molar-refractivity contribution in [1.29, 1.82) is 0 Å². The molecule has 0 aromatic heterocycles. The predicted octanol–water partition coefficient (Wildman–Crippen LogP) is 4.92. The first kappa shape index (κ1) is 33.2. The Balaban J connectivity index is 1.79. The highest BCUT2D eigenvalue weighted by atomic mass is 79.9. The average Bonchev–Trinajstić information content (AvgIpc) is 2.92. The summed E-state index contributed by atoms with van der Waals surface area (Å²) < 4.78 is 18.4. The second kappa shape index (κ2) is 19.1. The number of hydrazine groups is 1. The van der Waals surface area contributed by atoms with Crippen LogP contribution in [0.15, 0.2) is 50.4 Å². The van der Waals surface area contributed by atoms with Gasteiger partial charge in [-0.15, -0.1) is 0 Å². The minimum absolute atomic E-state index is 0.159. The summed E-state index contributed by atoms with van der Waals surface area (Å²) in [6.45, 7) is 9.41. The Bertz CT molecular complexity index is 1090. The monoisotopic (exact) mass is 702 g/mol. The molecule has 0 radical (unpaired) electrons. The van der Waals surface area contributed by atoms with Crippen LogP contribution in [0.1, 0.15) is 38.3 Å². The van der Waals surface area contributed by atoms with Crippen LogP contribution in [-0.2, 0) is 17.8 Å². The highest BCUT2D eigenvalue weighted by Gasteiger charge is 2.08. The summed E-state index contributed by atoms with van der Waals surface area (Å²) in [5.41, 5.74) is 11.2. The maximum atomic E-state index is 5.56. The van der Waals surface area contributed by atoms with Crippen LogP contribution in [0.2, 0.25) is 0 Å². The van der Waals surface area contributed by atoms with E-state index in [1.807, 2.05) is 57.2 Å². The van der Waals surface area contributed by atoms with Crippen LogP contribution in [0.25, 0.3) is 0 Å². The number of hydrazone groups is 1. The van der Waals surface area contributed by atoms with Crippen molar-refractivity contribution in [3.63, 3.8) is 0 Å². The third-order valence-electron chi connectivity index (χ3n) is 5.07. The van der Waals surface area contributed by atoms with Crippen LogP contribution >= 0.6 is 56.3 Å². The van der Waals surface area contributed by atoms with Crippen LogP contribution in [0.5, 0.6) is 11.5 Å². The van der Waals surface area contributed by atoms with Crippen molar-refractivity contribution in [2.75, 3.05) is 26.4 Å². The first-order valence-electron chi connectivity index (χ1n) is 12.6. The highest BCUT2D eigenvalue weighted by molar-refractivity contribution is 9.10. The zero-order valence-electron chi connectivity index (χ0n) is 22.3. The Morgan fingerprint density at radius 3 is 1.95 bits per heavy atom. The number of hydrogen-bond donors (Lipinski definition) is 5. The van der Waals surface area contributed by atoms with Crippen molar-refractivity contribution >= 4 is 72.7 Å². The fraction of sp³-hybridized carbons (Fsp3) is 0.423. The molecule has 9 nitrogen and oxygen atoms in total. The van der Waals surface area contributed by atoms with Gasteiger partial charge in [0.05, 0.1) is 28.2 Å². The summed E-state index contributed by atoms with van der Waals surface area (Å²) >= 11 is 17.8. The summed E-state index contributed by atoms with van der Waals surface area (Å²) in [4.78, 5) is 0. The molecule has 0 aliphatic heterocycles. The van der Waals surface area contributed by atoms with Gasteiger partial charge in [-0.3, -0.25) is 10.9 Å². The van der Waals surface area contributed by atoms with Crippen molar-refractivity contribution in [3.05, 3.63) is 56.5 Å². The summed E-state index contributed by atoms with van der Waals surface area (Å²) in [6, 6.07) is 11.7. The third-order valence-corrected chi connectivity index (χ3v) is 6.79. The first-order valence-corrected chi connectivity index (χ1v) is 15.0. The van der Waals surface area contributed by atoms with Crippen molar-refractivity contribution in [1.82, 2.24) is 26.9 Å². The van der Waals surface area contributed by atoms with E-state index in [1.165, 1.54) is 0 Å². The van der Waals surface area contributed by atoms with E-state index in [-0.39, 0.29) is 6.04 Å². The van der Waals surface area contributed by atoms with E-state index in [0.717, 1.165) is 31.6 Å². The van der Waals surface area contributed by atoms with Gasteiger partial charge in [0.15, 0.2) is 10.2 Å². The van der Waals surface area contributed by atoms with Gasteiger partial charge in [-0.05, 0) is 119 Å². The van der Waals surface area contributed by atoms with E-state index in [4.69, 9.17) is 38.6 Å². The standard InChI is InChI=1S/C26H36Br2N6O3S2/c1-4-35-12-11-20(32-34-26(39)30-16-19-8-10-24(37-6-3)22(28)14-19)17-31-33-25(38)29-15-18-7-9-23(36-5-2)21(27)13-18/h7-10,13-14,17,20,32H,4-6,11-12,15-16H2,1-3H3,(H2,29,33,38)(H2,30,34,39). The molecule has 0 saturated carbocycles. The number of ether oxygens (including phenoxy) is 3. The number of nitrogens with zero attached hydrogens (tertiary/aromatic N) is 1. The van der Waals surface area contributed by atoms with E-state index in [2.05, 4.69) is 63.9 Å². The molecule has 39 heavy (non-hydrogen) atoms. The quantitative estimate of drug-likeness (QED) is 0.0717. The highest BCUT2D eigenvalue weighted by Crippen LogP contribution is 2.26. The molecule has 2 rings (SSSR count).